The molecule has 0 radical (unpaired) electrons. The zero-order chi connectivity index (χ0) is 25.7. The van der Waals surface area contributed by atoms with Gasteiger partial charge in [-0.15, -0.1) is 4.90 Å². The molecule has 0 spiro atoms. The second kappa shape index (κ2) is 6.34. The third-order valence-electron chi connectivity index (χ3n) is 3.87. The Morgan fingerprint density at radius 2 is 0.774 bits per heavy atom. The molecule has 1 unspecified atom stereocenters. The molecule has 21 heteroatoms. The van der Waals surface area contributed by atoms with Crippen LogP contribution >= 0.6 is 0 Å². The predicted molar refractivity (Wildman–Crippen MR) is 55.0 cm³/mol. The minimum absolute atomic E-state index is 1.62. The first-order valence-electron chi connectivity index (χ1n) is 6.68. The molecule has 1 aliphatic heterocycles. The van der Waals surface area contributed by atoms with E-state index in [4.69, 9.17) is 0 Å². The van der Waals surface area contributed by atoms with Gasteiger partial charge in [-0.1, -0.05) is 4.90 Å². The smallest absolute Gasteiger partial charge is 0.226 e. The fourth-order valence-electron chi connectivity index (χ4n) is 2.14. The Morgan fingerprint density at radius 1 is 0.484 bits per heavy atom. The molecule has 1 heterocycles. The lowest BCUT2D eigenvalue weighted by molar-refractivity contribution is -0.481. The number of nitrogens with zero attached hydrogens (tertiary/aromatic N) is 2. The van der Waals surface area contributed by atoms with Crippen LogP contribution in [0.4, 0.5) is 83.4 Å². The molecule has 1 fully saturated rings. The van der Waals surface area contributed by atoms with Crippen molar-refractivity contribution in [3.05, 3.63) is 0 Å². The Labute approximate surface area is 156 Å². The molecule has 31 heavy (non-hydrogen) atoms. The Kier molecular flexibility index (Phi) is 5.65. The summed E-state index contributed by atoms with van der Waals surface area (Å²) in [5.41, 5.74) is -6.90. The topological polar surface area (TPSA) is 6.48 Å². The van der Waals surface area contributed by atoms with Crippen molar-refractivity contribution >= 4 is 0 Å². The quantitative estimate of drug-likeness (QED) is 0.331. The second-order valence-corrected chi connectivity index (χ2v) is 5.92. The van der Waals surface area contributed by atoms with Crippen LogP contribution < -0.4 is 0 Å². The van der Waals surface area contributed by atoms with E-state index >= 15 is 0 Å². The van der Waals surface area contributed by atoms with Gasteiger partial charge in [-0.25, -0.2) is 4.39 Å². The zero-order valence-electron chi connectivity index (χ0n) is 13.6. The van der Waals surface area contributed by atoms with Crippen molar-refractivity contribution in [2.24, 2.45) is 0 Å². The lowest BCUT2D eigenvalue weighted by atomic mass is 10.0. The summed E-state index contributed by atoms with van der Waals surface area (Å²) in [6.45, 7) is -1.62. The van der Waals surface area contributed by atoms with Crippen LogP contribution in [0.25, 0.3) is 0 Å². The molecule has 1 rings (SSSR count). The number of hydrogen-bond acceptors (Lipinski definition) is 2. The van der Waals surface area contributed by atoms with E-state index in [1.165, 1.54) is 0 Å². The summed E-state index contributed by atoms with van der Waals surface area (Å²) in [6, 6.07) is -41.1. The molecule has 1 atom stereocenters. The number of alkyl halides is 19. The van der Waals surface area contributed by atoms with Crippen molar-refractivity contribution in [2.45, 2.75) is 61.2 Å². The second-order valence-electron chi connectivity index (χ2n) is 5.92. The van der Waals surface area contributed by atoms with Crippen LogP contribution in [0.3, 0.4) is 0 Å². The number of rotatable bonds is 2. The van der Waals surface area contributed by atoms with Gasteiger partial charge in [-0.2, -0.15) is 79.0 Å². The third kappa shape index (κ3) is 3.19. The van der Waals surface area contributed by atoms with Gasteiger partial charge in [0, 0.05) is 0 Å². The van der Waals surface area contributed by atoms with Crippen molar-refractivity contribution < 1.29 is 83.4 Å². The summed E-state index contributed by atoms with van der Waals surface area (Å²) in [5.74, 6) is -8.34. The normalized spacial score (nSPS) is 28.6. The summed E-state index contributed by atoms with van der Waals surface area (Å²) in [5, 5.41) is 0. The minimum atomic E-state index is -8.36. The molecule has 1 aliphatic rings. The molecule has 1 saturated heterocycles. The molecular formula is C10H3F19N2. The largest absolute Gasteiger partial charge is 0.469 e. The monoisotopic (exact) mass is 512 g/mol. The summed E-state index contributed by atoms with van der Waals surface area (Å²) in [4.78, 5) is -9.18. The van der Waals surface area contributed by atoms with E-state index in [9.17, 15) is 83.4 Å². The van der Waals surface area contributed by atoms with Crippen molar-refractivity contribution in [2.75, 3.05) is 0 Å². The highest BCUT2D eigenvalue weighted by Crippen LogP contribution is 2.65. The van der Waals surface area contributed by atoms with Crippen molar-refractivity contribution in [1.82, 2.24) is 9.80 Å². The van der Waals surface area contributed by atoms with Crippen LogP contribution in [-0.2, 0) is 0 Å². The lowest BCUT2D eigenvalue weighted by Gasteiger charge is -2.46. The minimum Gasteiger partial charge on any atom is -0.226 e. The highest BCUT2D eigenvalue weighted by atomic mass is 19.4. The predicted octanol–water partition coefficient (Wildman–Crippen LogP) is 6.01. The van der Waals surface area contributed by atoms with Crippen LogP contribution in [0.15, 0.2) is 0 Å². The molecule has 2 nitrogen and oxygen atoms in total. The van der Waals surface area contributed by atoms with Gasteiger partial charge in [0.15, 0.2) is 0 Å². The van der Waals surface area contributed by atoms with E-state index in [0.717, 1.165) is 0 Å². The molecule has 0 aliphatic carbocycles. The first-order chi connectivity index (χ1) is 13.0. The van der Waals surface area contributed by atoms with Gasteiger partial charge < -0.3 is 0 Å². The van der Waals surface area contributed by atoms with Crippen molar-refractivity contribution in [1.29, 1.82) is 0 Å². The van der Waals surface area contributed by atoms with Gasteiger partial charge in [0.1, 0.15) is 0 Å². The Hall–Kier alpha value is -1.41. The standard InChI is InChI=1S/C10H3F19N2/c1-2(11,4(14,15)16)5(17,18)30-6(19,20)3(12,13)7(21,22)31(10(27,28)29)9(25,26)8(30,23)24/h1H3. The zero-order valence-corrected chi connectivity index (χ0v) is 13.6. The third-order valence-corrected chi connectivity index (χ3v) is 3.87. The summed E-state index contributed by atoms with van der Waals surface area (Å²) >= 11 is 0. The molecule has 186 valence electrons. The van der Waals surface area contributed by atoms with Gasteiger partial charge in [-0.05, 0) is 6.92 Å². The van der Waals surface area contributed by atoms with E-state index in [1.54, 1.807) is 0 Å². The van der Waals surface area contributed by atoms with Gasteiger partial charge in [0.05, 0.1) is 0 Å². The van der Waals surface area contributed by atoms with E-state index in [1.807, 2.05) is 0 Å². The van der Waals surface area contributed by atoms with Gasteiger partial charge >= 0.3 is 48.6 Å². The summed E-state index contributed by atoms with van der Waals surface area (Å²) in [6.07, 6.45) is -15.1. The van der Waals surface area contributed by atoms with E-state index in [0.29, 0.717) is 0 Å². The number of hydrogen-bond donors (Lipinski definition) is 0. The highest BCUT2D eigenvalue weighted by Gasteiger charge is 2.95. The maximum atomic E-state index is 13.8. The van der Waals surface area contributed by atoms with E-state index in [-0.39, 0.29) is 0 Å². The van der Waals surface area contributed by atoms with Crippen LogP contribution in [0, 0.1) is 0 Å². The molecule has 0 bridgehead atoms. The van der Waals surface area contributed by atoms with Gasteiger partial charge in [0.25, 0.3) is 5.67 Å². The van der Waals surface area contributed by atoms with E-state index in [2.05, 4.69) is 0 Å². The molecular weight excluding hydrogens is 509 g/mol. The Morgan fingerprint density at radius 3 is 1.06 bits per heavy atom. The average molecular weight is 512 g/mol. The molecule has 0 N–H and O–H groups in total. The van der Waals surface area contributed by atoms with E-state index < -0.39 is 71.0 Å². The first kappa shape index (κ1) is 27.6. The van der Waals surface area contributed by atoms with Crippen molar-refractivity contribution in [3.63, 3.8) is 0 Å². The van der Waals surface area contributed by atoms with Crippen LogP contribution in [0.1, 0.15) is 6.92 Å². The van der Waals surface area contributed by atoms with Crippen molar-refractivity contribution in [3.8, 4) is 0 Å². The summed E-state index contributed by atoms with van der Waals surface area (Å²) < 4.78 is 252. The maximum absolute atomic E-state index is 13.8. The molecule has 0 saturated carbocycles. The van der Waals surface area contributed by atoms with Crippen LogP contribution in [0.2, 0.25) is 0 Å². The molecule has 0 aromatic heterocycles. The highest BCUT2D eigenvalue weighted by molar-refractivity contribution is 5.12. The number of halogens is 19. The van der Waals surface area contributed by atoms with Crippen LogP contribution in [-0.4, -0.2) is 64.1 Å². The Balaban J connectivity index is 4.21. The molecule has 0 aromatic rings. The Bertz CT molecular complexity index is 699. The maximum Gasteiger partial charge on any atom is 0.469 e. The molecule has 0 amide bonds. The fraction of sp³-hybridized carbons (Fsp3) is 1.00. The van der Waals surface area contributed by atoms with Crippen LogP contribution in [0.5, 0.6) is 0 Å². The molecule has 0 aromatic carbocycles. The average Bonchev–Trinajstić information content (AvgIpc) is 2.42. The summed E-state index contributed by atoms with van der Waals surface area (Å²) in [7, 11) is 0. The fourth-order valence-corrected chi connectivity index (χ4v) is 2.14. The lowest BCUT2D eigenvalue weighted by Crippen LogP contribution is -2.75. The van der Waals surface area contributed by atoms with Gasteiger partial charge in [0.2, 0.25) is 0 Å². The first-order valence-corrected chi connectivity index (χ1v) is 6.68. The van der Waals surface area contributed by atoms with Gasteiger partial charge in [-0.3, -0.25) is 0 Å². The SMILES string of the molecule is CC(F)(C(F)(F)F)C(F)(F)N1C(F)(F)C(F)(F)N(C(F)(F)F)C(F)(F)C(F)(F)C1(F)F.